The van der Waals surface area contributed by atoms with Crippen LogP contribution in [0.25, 0.3) is 50.5 Å². The fraction of sp³-hybridized carbons (Fsp3) is 0.244. The second-order valence-electron chi connectivity index (χ2n) is 14.0. The zero-order chi connectivity index (χ0) is 31.8. The lowest BCUT2D eigenvalue weighted by molar-refractivity contribution is 0.379. The third-order valence-corrected chi connectivity index (χ3v) is 12.8. The summed E-state index contributed by atoms with van der Waals surface area (Å²) in [4.78, 5) is 1.44. The van der Waals surface area contributed by atoms with Gasteiger partial charge in [0.05, 0.1) is 5.52 Å². The molecule has 6 atom stereocenters. The highest BCUT2D eigenvalue weighted by molar-refractivity contribution is 7.21. The van der Waals surface area contributed by atoms with Crippen molar-refractivity contribution < 1.29 is 0 Å². The first kappa shape index (κ1) is 28.8. The minimum absolute atomic E-state index is 0.325. The first-order valence-electron chi connectivity index (χ1n) is 17.4. The van der Waals surface area contributed by atoms with Crippen molar-refractivity contribution in [3.63, 3.8) is 0 Å². The number of thiophene rings is 1. The molecule has 0 aliphatic heterocycles. The van der Waals surface area contributed by atoms with E-state index in [1.165, 1.54) is 58.8 Å². The zero-order valence-electron chi connectivity index (χ0n) is 27.3. The third kappa shape index (κ3) is 4.27. The van der Waals surface area contributed by atoms with Gasteiger partial charge in [0.25, 0.3) is 0 Å². The summed E-state index contributed by atoms with van der Waals surface area (Å²) in [6, 6.07) is 13.7. The van der Waals surface area contributed by atoms with Gasteiger partial charge in [-0.2, -0.15) is 0 Å². The van der Waals surface area contributed by atoms with Crippen molar-refractivity contribution in [3.8, 4) is 0 Å². The topological polar surface area (TPSA) is 4.93 Å². The van der Waals surface area contributed by atoms with Crippen LogP contribution in [0.3, 0.4) is 0 Å². The Bertz CT molecular complexity index is 2320. The van der Waals surface area contributed by atoms with E-state index < -0.39 is 0 Å². The van der Waals surface area contributed by atoms with Gasteiger partial charge in [0.2, 0.25) is 0 Å². The molecule has 0 spiro atoms. The fourth-order valence-corrected chi connectivity index (χ4v) is 10.7. The Morgan fingerprint density at radius 1 is 0.979 bits per heavy atom. The molecule has 0 radical (unpaired) electrons. The van der Waals surface area contributed by atoms with Gasteiger partial charge < -0.3 is 4.57 Å². The SMILES string of the molecule is C=C1/C(=C\C=C/C)C(C)C(CC(=C)n2c3c(c4c5sc6c(c5ccc42)C2C(C=C6)C=CC4C=CC=CC42)=CCCC=3)c2ccccc21. The molecule has 2 heteroatoms. The number of fused-ring (bicyclic) bond motifs is 12. The molecule has 5 aliphatic carbocycles. The van der Waals surface area contributed by atoms with E-state index in [4.69, 9.17) is 6.58 Å². The Hall–Kier alpha value is -4.40. The van der Waals surface area contributed by atoms with Crippen molar-refractivity contribution in [3.05, 3.63) is 148 Å². The van der Waals surface area contributed by atoms with Gasteiger partial charge in [-0.25, -0.2) is 0 Å². The molecule has 0 saturated carbocycles. The van der Waals surface area contributed by atoms with Gasteiger partial charge in [0.1, 0.15) is 0 Å². The van der Waals surface area contributed by atoms with Crippen molar-refractivity contribution in [2.45, 2.75) is 44.9 Å². The van der Waals surface area contributed by atoms with Crippen LogP contribution in [0.1, 0.15) is 66.5 Å². The molecule has 2 aromatic carbocycles. The predicted octanol–water partition coefficient (Wildman–Crippen LogP) is 10.7. The van der Waals surface area contributed by atoms with Crippen molar-refractivity contribution in [1.29, 1.82) is 0 Å². The molecule has 0 saturated heterocycles. The third-order valence-electron chi connectivity index (χ3n) is 11.6. The first-order valence-corrected chi connectivity index (χ1v) is 18.2. The predicted molar refractivity (Wildman–Crippen MR) is 205 cm³/mol. The second kappa shape index (κ2) is 11.1. The first-order chi connectivity index (χ1) is 23.0. The molecule has 0 amide bonds. The van der Waals surface area contributed by atoms with E-state index in [1.54, 1.807) is 5.56 Å². The lowest BCUT2D eigenvalue weighted by Gasteiger charge is -2.39. The Morgan fingerprint density at radius 3 is 2.70 bits per heavy atom. The maximum atomic E-state index is 4.85. The zero-order valence-corrected chi connectivity index (χ0v) is 28.1. The maximum absolute atomic E-state index is 4.85. The Labute approximate surface area is 282 Å². The molecule has 2 aromatic heterocycles. The highest BCUT2D eigenvalue weighted by atomic mass is 32.1. The number of hydrogen-bond donors (Lipinski definition) is 0. The van der Waals surface area contributed by atoms with Crippen LogP contribution in [0.15, 0.2) is 116 Å². The van der Waals surface area contributed by atoms with Crippen LogP contribution in [-0.2, 0) is 0 Å². The minimum atomic E-state index is 0.325. The second-order valence-corrected chi connectivity index (χ2v) is 15.0. The summed E-state index contributed by atoms with van der Waals surface area (Å²) in [5.41, 5.74) is 9.19. The van der Waals surface area contributed by atoms with Crippen LogP contribution in [0.2, 0.25) is 0 Å². The number of nitrogens with zero attached hydrogens (tertiary/aromatic N) is 1. The standard InChI is InChI=1S/C45H41NS/c1-5-6-14-32-28(3)33-15-9-10-17-35(33)38(29(32)4)26-27(2)46-39-19-12-11-18-36(39)43-40(46)24-23-37-44-41(47-45(37)43)25-22-31-21-20-30-13-7-8-16-34(30)42(31)44/h5-10,13-25,29-31,34,38,42H,2-3,11-12,26H2,1,4H3/b6-5-,32-14+. The molecule has 9 rings (SSSR count). The van der Waals surface area contributed by atoms with Crippen LogP contribution in [-0.4, -0.2) is 4.57 Å². The van der Waals surface area contributed by atoms with E-state index in [0.29, 0.717) is 35.5 Å². The monoisotopic (exact) mass is 627 g/mol. The number of aromatic nitrogens is 1. The van der Waals surface area contributed by atoms with Crippen LogP contribution in [0, 0.1) is 23.7 Å². The molecule has 0 N–H and O–H groups in total. The van der Waals surface area contributed by atoms with Gasteiger partial charge >= 0.3 is 0 Å². The molecule has 2 heterocycles. The quantitative estimate of drug-likeness (QED) is 0.198. The van der Waals surface area contributed by atoms with Crippen molar-refractivity contribution in [2.24, 2.45) is 23.7 Å². The van der Waals surface area contributed by atoms with Gasteiger partial charge in [-0.15, -0.1) is 11.3 Å². The van der Waals surface area contributed by atoms with Crippen molar-refractivity contribution >= 4 is 61.8 Å². The number of hydrogen-bond acceptors (Lipinski definition) is 1. The Kier molecular flexibility index (Phi) is 6.80. The van der Waals surface area contributed by atoms with E-state index in [1.807, 2.05) is 11.3 Å². The van der Waals surface area contributed by atoms with Crippen LogP contribution in [0.4, 0.5) is 0 Å². The van der Waals surface area contributed by atoms with Gasteiger partial charge in [-0.1, -0.05) is 123 Å². The minimum Gasteiger partial charge on any atom is -0.314 e. The van der Waals surface area contributed by atoms with E-state index in [2.05, 4.69) is 140 Å². The van der Waals surface area contributed by atoms with Crippen molar-refractivity contribution in [1.82, 2.24) is 4.57 Å². The summed E-state index contributed by atoms with van der Waals surface area (Å²) >= 11 is 2.00. The lowest BCUT2D eigenvalue weighted by Crippen LogP contribution is -2.31. The van der Waals surface area contributed by atoms with Gasteiger partial charge in [-0.05, 0) is 89.3 Å². The Balaban J connectivity index is 1.19. The summed E-state index contributed by atoms with van der Waals surface area (Å²) < 4.78 is 3.96. The molecule has 0 fully saturated rings. The van der Waals surface area contributed by atoms with E-state index >= 15 is 0 Å². The van der Waals surface area contributed by atoms with Crippen molar-refractivity contribution in [2.75, 3.05) is 0 Å². The normalized spacial score (nSPS) is 27.8. The molecule has 47 heavy (non-hydrogen) atoms. The smallest absolute Gasteiger partial charge is 0.0552 e. The Morgan fingerprint density at radius 2 is 1.81 bits per heavy atom. The molecule has 4 aromatic rings. The largest absolute Gasteiger partial charge is 0.314 e. The molecule has 1 nitrogen and oxygen atoms in total. The molecule has 5 aliphatic rings. The number of benzene rings is 2. The van der Waals surface area contributed by atoms with E-state index in [0.717, 1.165) is 24.8 Å². The number of allylic oxidation sites excluding steroid dienone is 13. The highest BCUT2D eigenvalue weighted by Gasteiger charge is 2.39. The molecule has 232 valence electrons. The summed E-state index contributed by atoms with van der Waals surface area (Å²) in [5.74, 6) is 2.59. The summed E-state index contributed by atoms with van der Waals surface area (Å²) in [5, 5.41) is 5.60. The summed E-state index contributed by atoms with van der Waals surface area (Å²) in [6.07, 6.45) is 33.6. The summed E-state index contributed by atoms with van der Waals surface area (Å²) in [6.45, 7) is 13.9. The molecular formula is C45H41NS. The molecule has 0 bridgehead atoms. The summed E-state index contributed by atoms with van der Waals surface area (Å²) in [7, 11) is 0. The fourth-order valence-electron chi connectivity index (χ4n) is 9.37. The van der Waals surface area contributed by atoms with Gasteiger partial charge in [0, 0.05) is 49.0 Å². The van der Waals surface area contributed by atoms with Gasteiger partial charge in [-0.3, -0.25) is 0 Å². The van der Waals surface area contributed by atoms with Crippen LogP contribution < -0.4 is 10.6 Å². The highest BCUT2D eigenvalue weighted by Crippen LogP contribution is 2.53. The average Bonchev–Trinajstić information content (AvgIpc) is 3.66. The van der Waals surface area contributed by atoms with Gasteiger partial charge in [0.15, 0.2) is 0 Å². The molecular weight excluding hydrogens is 587 g/mol. The number of rotatable bonds is 4. The van der Waals surface area contributed by atoms with E-state index in [9.17, 15) is 0 Å². The maximum Gasteiger partial charge on any atom is 0.0552 e. The van der Waals surface area contributed by atoms with E-state index in [-0.39, 0.29) is 0 Å². The average molecular weight is 628 g/mol. The van der Waals surface area contributed by atoms with Crippen LogP contribution in [0.5, 0.6) is 0 Å². The molecule has 6 unspecified atom stereocenters. The lowest BCUT2D eigenvalue weighted by atomic mass is 9.64. The van der Waals surface area contributed by atoms with Crippen LogP contribution >= 0.6 is 11.3 Å².